The van der Waals surface area contributed by atoms with Crippen LogP contribution in [0.25, 0.3) is 0 Å². The summed E-state index contributed by atoms with van der Waals surface area (Å²) in [5, 5.41) is 2.98. The topological polar surface area (TPSA) is 47.2 Å². The van der Waals surface area contributed by atoms with Gasteiger partial charge in [0.25, 0.3) is 5.91 Å². The molecule has 26 heavy (non-hydrogen) atoms. The Bertz CT molecular complexity index is 728. The summed E-state index contributed by atoms with van der Waals surface area (Å²) in [6, 6.07) is 16.0. The van der Waals surface area contributed by atoms with Crippen LogP contribution < -0.4 is 19.9 Å². The first-order valence-corrected chi connectivity index (χ1v) is 9.77. The quantitative estimate of drug-likeness (QED) is 0.633. The molecule has 3 N–H and O–H groups in total. The smallest absolute Gasteiger partial charge is 0.279 e. The highest BCUT2D eigenvalue weighted by Gasteiger charge is 2.24. The van der Waals surface area contributed by atoms with Crippen LogP contribution in [0.4, 0.5) is 5.69 Å². The van der Waals surface area contributed by atoms with Crippen LogP contribution in [0, 0.1) is 0 Å². The van der Waals surface area contributed by atoms with E-state index in [0.29, 0.717) is 6.54 Å². The molecule has 0 aliphatic carbocycles. The first-order valence-electron chi connectivity index (χ1n) is 8.98. The average Bonchev–Trinajstić information content (AvgIpc) is 2.64. The minimum Gasteiger partial charge on any atom is -0.497 e. The monoisotopic (exact) mass is 419 g/mol. The van der Waals surface area contributed by atoms with Crippen LogP contribution in [0.1, 0.15) is 5.56 Å². The van der Waals surface area contributed by atoms with Crippen molar-refractivity contribution in [1.29, 1.82) is 0 Å². The molecule has 1 aliphatic heterocycles. The molecule has 2 aromatic carbocycles. The summed E-state index contributed by atoms with van der Waals surface area (Å²) in [7, 11) is 1.69. The Morgan fingerprint density at radius 3 is 2.42 bits per heavy atom. The molecule has 1 aliphatic rings. The molecule has 0 aromatic heterocycles. The van der Waals surface area contributed by atoms with Gasteiger partial charge in [-0.3, -0.25) is 4.79 Å². The molecule has 0 spiro atoms. The van der Waals surface area contributed by atoms with E-state index in [1.54, 1.807) is 12.0 Å². The molecule has 3 rings (SSSR count). The Hall–Kier alpha value is -1.89. The van der Waals surface area contributed by atoms with Crippen LogP contribution >= 0.6 is 15.9 Å². The van der Waals surface area contributed by atoms with E-state index in [9.17, 15) is 4.79 Å². The van der Waals surface area contributed by atoms with E-state index in [4.69, 9.17) is 4.74 Å². The summed E-state index contributed by atoms with van der Waals surface area (Å²) in [5.41, 5.74) is 2.17. The number of ether oxygens (including phenoxy) is 1. The van der Waals surface area contributed by atoms with Gasteiger partial charge in [-0.1, -0.05) is 22.0 Å². The molecular formula is C20H26BrN3O2+2. The van der Waals surface area contributed by atoms with Crippen molar-refractivity contribution in [3.8, 4) is 5.75 Å². The maximum absolute atomic E-state index is 12.3. The van der Waals surface area contributed by atoms with Crippen molar-refractivity contribution >= 4 is 27.5 Å². The van der Waals surface area contributed by atoms with Gasteiger partial charge in [0.2, 0.25) is 0 Å². The Kier molecular flexibility index (Phi) is 6.66. The number of carbonyl (C=O) groups is 1. The number of carbonyl (C=O) groups excluding carboxylic acids is 1. The second kappa shape index (κ2) is 9.16. The average molecular weight is 420 g/mol. The van der Waals surface area contributed by atoms with Gasteiger partial charge in [-0.25, -0.2) is 0 Å². The number of anilines is 1. The van der Waals surface area contributed by atoms with E-state index in [1.807, 2.05) is 36.4 Å². The molecule has 0 bridgehead atoms. The SMILES string of the molecule is COc1ccc(C[NH+]2CC[NH+](CC(=O)Nc3cccc(Br)c3)CC2)cc1. The number of halogens is 1. The normalized spacial score (nSPS) is 19.8. The molecule has 1 fully saturated rings. The number of rotatable bonds is 6. The standard InChI is InChI=1S/C20H24BrN3O2/c1-26-19-7-5-16(6-8-19)14-23-9-11-24(12-10-23)15-20(25)22-18-4-2-3-17(21)13-18/h2-8,13H,9-12,14-15H2,1H3,(H,22,25)/p+2. The molecule has 0 radical (unpaired) electrons. The van der Waals surface area contributed by atoms with Crippen LogP contribution in [-0.4, -0.2) is 45.7 Å². The van der Waals surface area contributed by atoms with Gasteiger partial charge >= 0.3 is 0 Å². The van der Waals surface area contributed by atoms with Gasteiger partial charge in [0.15, 0.2) is 6.54 Å². The molecule has 138 valence electrons. The van der Waals surface area contributed by atoms with Gasteiger partial charge in [-0.15, -0.1) is 0 Å². The number of amides is 1. The third-order valence-electron chi connectivity index (χ3n) is 4.80. The molecule has 0 atom stereocenters. The number of benzene rings is 2. The van der Waals surface area contributed by atoms with Gasteiger partial charge in [0.05, 0.1) is 7.11 Å². The lowest BCUT2D eigenvalue weighted by Crippen LogP contribution is -3.28. The van der Waals surface area contributed by atoms with Crippen LogP contribution in [0.2, 0.25) is 0 Å². The Morgan fingerprint density at radius 1 is 1.08 bits per heavy atom. The number of hydrogen-bond donors (Lipinski definition) is 3. The summed E-state index contributed by atoms with van der Waals surface area (Å²) in [5.74, 6) is 0.978. The van der Waals surface area contributed by atoms with Crippen LogP contribution in [0.15, 0.2) is 53.0 Å². The van der Waals surface area contributed by atoms with E-state index >= 15 is 0 Å². The summed E-state index contributed by atoms with van der Waals surface area (Å²) in [4.78, 5) is 15.2. The highest BCUT2D eigenvalue weighted by atomic mass is 79.9. The molecule has 0 saturated carbocycles. The van der Waals surface area contributed by atoms with Crippen molar-refractivity contribution < 1.29 is 19.3 Å². The lowest BCUT2D eigenvalue weighted by Gasteiger charge is -2.29. The first kappa shape index (κ1) is 18.9. The fourth-order valence-corrected chi connectivity index (χ4v) is 3.74. The lowest BCUT2D eigenvalue weighted by atomic mass is 10.2. The fraction of sp³-hybridized carbons (Fsp3) is 0.350. The summed E-state index contributed by atoms with van der Waals surface area (Å²) in [6.07, 6.45) is 0. The van der Waals surface area contributed by atoms with Crippen molar-refractivity contribution in [1.82, 2.24) is 0 Å². The number of methoxy groups -OCH3 is 1. The van der Waals surface area contributed by atoms with E-state index in [2.05, 4.69) is 33.4 Å². The Morgan fingerprint density at radius 2 is 1.77 bits per heavy atom. The Balaban J connectivity index is 1.42. The molecule has 1 heterocycles. The van der Waals surface area contributed by atoms with E-state index < -0.39 is 0 Å². The van der Waals surface area contributed by atoms with Crippen LogP contribution in [0.5, 0.6) is 5.75 Å². The fourth-order valence-electron chi connectivity index (χ4n) is 3.34. The van der Waals surface area contributed by atoms with Gasteiger partial charge in [0, 0.05) is 15.7 Å². The van der Waals surface area contributed by atoms with Gasteiger partial charge in [0.1, 0.15) is 38.5 Å². The zero-order valence-corrected chi connectivity index (χ0v) is 16.6. The summed E-state index contributed by atoms with van der Waals surface area (Å²) < 4.78 is 6.18. The number of piperazine rings is 1. The van der Waals surface area contributed by atoms with Crippen LogP contribution in [-0.2, 0) is 11.3 Å². The van der Waals surface area contributed by atoms with E-state index in [1.165, 1.54) is 10.5 Å². The second-order valence-electron chi connectivity index (χ2n) is 6.76. The van der Waals surface area contributed by atoms with Crippen molar-refractivity contribution in [3.63, 3.8) is 0 Å². The molecule has 0 unspecified atom stereocenters. The molecule has 6 heteroatoms. The van der Waals surface area contributed by atoms with E-state index in [-0.39, 0.29) is 5.91 Å². The molecule has 1 amide bonds. The third-order valence-corrected chi connectivity index (χ3v) is 5.29. The molecular weight excluding hydrogens is 394 g/mol. The number of hydrogen-bond acceptors (Lipinski definition) is 2. The summed E-state index contributed by atoms with van der Waals surface area (Å²) in [6.45, 7) is 5.79. The van der Waals surface area contributed by atoms with Gasteiger partial charge < -0.3 is 19.9 Å². The predicted molar refractivity (Wildman–Crippen MR) is 106 cm³/mol. The Labute approximate surface area is 163 Å². The van der Waals surface area contributed by atoms with Crippen molar-refractivity contribution in [2.75, 3.05) is 45.2 Å². The maximum Gasteiger partial charge on any atom is 0.279 e. The van der Waals surface area contributed by atoms with Gasteiger partial charge in [-0.2, -0.15) is 0 Å². The highest BCUT2D eigenvalue weighted by Crippen LogP contribution is 2.15. The van der Waals surface area contributed by atoms with Crippen LogP contribution in [0.3, 0.4) is 0 Å². The second-order valence-corrected chi connectivity index (χ2v) is 7.68. The first-order chi connectivity index (χ1) is 12.6. The van der Waals surface area contributed by atoms with Crippen molar-refractivity contribution in [3.05, 3.63) is 58.6 Å². The zero-order chi connectivity index (χ0) is 18.4. The highest BCUT2D eigenvalue weighted by molar-refractivity contribution is 9.10. The number of nitrogens with one attached hydrogen (secondary N) is 3. The lowest BCUT2D eigenvalue weighted by molar-refractivity contribution is -1.02. The minimum atomic E-state index is 0.0803. The van der Waals surface area contributed by atoms with Crippen molar-refractivity contribution in [2.45, 2.75) is 6.54 Å². The molecule has 1 saturated heterocycles. The minimum absolute atomic E-state index is 0.0803. The van der Waals surface area contributed by atoms with Crippen molar-refractivity contribution in [2.24, 2.45) is 0 Å². The predicted octanol–water partition coefficient (Wildman–Crippen LogP) is 0.380. The maximum atomic E-state index is 12.3. The summed E-state index contributed by atoms with van der Waals surface area (Å²) >= 11 is 3.43. The van der Waals surface area contributed by atoms with Gasteiger partial charge in [-0.05, 0) is 42.5 Å². The number of quaternary nitrogens is 2. The molecule has 5 nitrogen and oxygen atoms in total. The molecule has 2 aromatic rings. The third kappa shape index (κ3) is 5.56. The van der Waals surface area contributed by atoms with E-state index in [0.717, 1.165) is 48.6 Å². The largest absolute Gasteiger partial charge is 0.497 e. The zero-order valence-electron chi connectivity index (χ0n) is 15.1.